The molecule has 120 valence electrons. The first-order chi connectivity index (χ1) is 9.91. The molecular weight excluding hydrogens is 270 g/mol. The Balaban J connectivity index is 1.92. The van der Waals surface area contributed by atoms with E-state index in [1.165, 1.54) is 6.42 Å². The second kappa shape index (κ2) is 6.26. The quantitative estimate of drug-likeness (QED) is 0.797. The lowest BCUT2D eigenvalue weighted by Crippen LogP contribution is -2.38. The van der Waals surface area contributed by atoms with Gasteiger partial charge in [-0.25, -0.2) is 10.3 Å². The second-order valence-corrected chi connectivity index (χ2v) is 6.68. The lowest BCUT2D eigenvalue weighted by atomic mass is 9.66. The number of ether oxygens (including phenoxy) is 2. The summed E-state index contributed by atoms with van der Waals surface area (Å²) in [6.45, 7) is 8.98. The van der Waals surface area contributed by atoms with Crippen molar-refractivity contribution in [2.75, 3.05) is 6.61 Å². The first-order valence-corrected chi connectivity index (χ1v) is 7.92. The van der Waals surface area contributed by atoms with Gasteiger partial charge in [0, 0.05) is 6.08 Å². The molecule has 5 nitrogen and oxygen atoms in total. The van der Waals surface area contributed by atoms with Crippen LogP contribution in [-0.2, 0) is 14.3 Å². The van der Waals surface area contributed by atoms with Gasteiger partial charge in [0.2, 0.25) is 5.88 Å². The summed E-state index contributed by atoms with van der Waals surface area (Å²) in [4.78, 5) is 17.0. The number of carbonyl (C=O) groups excluding carboxylic acids is 1. The van der Waals surface area contributed by atoms with Gasteiger partial charge in [0.25, 0.3) is 0 Å². The number of hydrogen-bond donors (Lipinski definition) is 1. The van der Waals surface area contributed by atoms with Gasteiger partial charge < -0.3 is 9.47 Å². The van der Waals surface area contributed by atoms with E-state index in [9.17, 15) is 4.79 Å². The van der Waals surface area contributed by atoms with Crippen LogP contribution < -0.4 is 5.48 Å². The van der Waals surface area contributed by atoms with E-state index >= 15 is 0 Å². The summed E-state index contributed by atoms with van der Waals surface area (Å²) in [6.07, 6.45) is 6.54. The molecule has 0 aromatic carbocycles. The summed E-state index contributed by atoms with van der Waals surface area (Å²) in [7, 11) is 0. The molecule has 21 heavy (non-hydrogen) atoms. The topological polar surface area (TPSA) is 56.8 Å². The van der Waals surface area contributed by atoms with Gasteiger partial charge >= 0.3 is 6.16 Å². The van der Waals surface area contributed by atoms with Gasteiger partial charge in [0.05, 0.1) is 6.61 Å². The molecule has 0 bridgehead atoms. The van der Waals surface area contributed by atoms with Crippen molar-refractivity contribution < 1.29 is 19.1 Å². The number of nitrogens with one attached hydrogen (secondary N) is 1. The largest absolute Gasteiger partial charge is 0.515 e. The SMILES string of the molecule is CCOC(=O)OC1=CC2(CCC(C(C)(C)CC)CC2)ON1. The number of hydroxylamine groups is 1. The highest BCUT2D eigenvalue weighted by Gasteiger charge is 2.43. The fraction of sp³-hybridized carbons (Fsp3) is 0.812. The third kappa shape index (κ3) is 3.70. The lowest BCUT2D eigenvalue weighted by Gasteiger charge is -2.41. The normalized spacial score (nSPS) is 29.0. The Labute approximate surface area is 127 Å². The molecule has 0 radical (unpaired) electrons. The Kier molecular flexibility index (Phi) is 4.81. The minimum absolute atomic E-state index is 0.298. The first-order valence-electron chi connectivity index (χ1n) is 7.92. The molecule has 1 aliphatic carbocycles. The van der Waals surface area contributed by atoms with E-state index in [4.69, 9.17) is 14.3 Å². The highest BCUT2D eigenvalue weighted by molar-refractivity contribution is 5.61. The fourth-order valence-corrected chi connectivity index (χ4v) is 3.16. The predicted octanol–water partition coefficient (Wildman–Crippen LogP) is 3.90. The molecule has 0 unspecified atom stereocenters. The summed E-state index contributed by atoms with van der Waals surface area (Å²) < 4.78 is 9.82. The molecule has 1 spiro atoms. The van der Waals surface area contributed by atoms with Gasteiger partial charge in [-0.15, -0.1) is 0 Å². The van der Waals surface area contributed by atoms with Gasteiger partial charge in [-0.05, 0) is 43.9 Å². The Morgan fingerprint density at radius 2 is 2.10 bits per heavy atom. The molecule has 2 aliphatic rings. The Morgan fingerprint density at radius 3 is 2.67 bits per heavy atom. The molecule has 5 heteroatoms. The van der Waals surface area contributed by atoms with Crippen molar-refractivity contribution in [3.8, 4) is 0 Å². The molecule has 1 heterocycles. The number of carbonyl (C=O) groups is 1. The van der Waals surface area contributed by atoms with E-state index in [2.05, 4.69) is 26.3 Å². The number of hydrogen-bond acceptors (Lipinski definition) is 5. The smallest absolute Gasteiger partial charge is 0.434 e. The van der Waals surface area contributed by atoms with Crippen molar-refractivity contribution in [1.82, 2.24) is 5.48 Å². The minimum Gasteiger partial charge on any atom is -0.434 e. The minimum atomic E-state index is -0.697. The van der Waals surface area contributed by atoms with Gasteiger partial charge in [-0.1, -0.05) is 27.2 Å². The summed E-state index contributed by atoms with van der Waals surface area (Å²) in [5, 5.41) is 0. The van der Waals surface area contributed by atoms with Crippen LogP contribution in [0.1, 0.15) is 59.8 Å². The highest BCUT2D eigenvalue weighted by atomic mass is 16.8. The third-order valence-corrected chi connectivity index (χ3v) is 5.05. The van der Waals surface area contributed by atoms with Crippen LogP contribution in [0.3, 0.4) is 0 Å². The average Bonchev–Trinajstić information content (AvgIpc) is 2.82. The van der Waals surface area contributed by atoms with Gasteiger partial charge in [-0.2, -0.15) is 0 Å². The van der Waals surface area contributed by atoms with Crippen molar-refractivity contribution in [3.05, 3.63) is 12.0 Å². The monoisotopic (exact) mass is 297 g/mol. The van der Waals surface area contributed by atoms with Crippen molar-refractivity contribution in [1.29, 1.82) is 0 Å². The molecule has 1 N–H and O–H groups in total. The van der Waals surface area contributed by atoms with Crippen LogP contribution in [0.5, 0.6) is 0 Å². The maximum Gasteiger partial charge on any atom is 0.515 e. The Morgan fingerprint density at radius 1 is 1.43 bits per heavy atom. The van der Waals surface area contributed by atoms with Crippen LogP contribution >= 0.6 is 0 Å². The molecule has 0 saturated heterocycles. The van der Waals surface area contributed by atoms with E-state index in [0.717, 1.165) is 31.6 Å². The molecule has 0 aromatic rings. The molecule has 0 aromatic heterocycles. The second-order valence-electron chi connectivity index (χ2n) is 6.68. The highest BCUT2D eigenvalue weighted by Crippen LogP contribution is 2.46. The number of rotatable bonds is 4. The molecule has 1 aliphatic heterocycles. The molecule has 0 atom stereocenters. The summed E-state index contributed by atoms with van der Waals surface area (Å²) >= 11 is 0. The van der Waals surface area contributed by atoms with E-state index < -0.39 is 6.16 Å². The van der Waals surface area contributed by atoms with Crippen LogP contribution in [0.25, 0.3) is 0 Å². The fourth-order valence-electron chi connectivity index (χ4n) is 3.16. The standard InChI is InChI=1S/C16H27NO4/c1-5-15(3,4)12-7-9-16(10-8-12)11-13(17-21-16)20-14(18)19-6-2/h11-12,17H,5-10H2,1-4H3. The third-order valence-electron chi connectivity index (χ3n) is 5.05. The lowest BCUT2D eigenvalue weighted by molar-refractivity contribution is -0.0852. The molecule has 2 rings (SSSR count). The molecule has 0 amide bonds. The van der Waals surface area contributed by atoms with Crippen LogP contribution in [0.2, 0.25) is 0 Å². The van der Waals surface area contributed by atoms with Crippen molar-refractivity contribution in [3.63, 3.8) is 0 Å². The zero-order valence-corrected chi connectivity index (χ0v) is 13.5. The van der Waals surface area contributed by atoms with Crippen LogP contribution in [0.4, 0.5) is 4.79 Å². The van der Waals surface area contributed by atoms with Gasteiger partial charge in [0.1, 0.15) is 5.60 Å². The van der Waals surface area contributed by atoms with Crippen molar-refractivity contribution in [2.45, 2.75) is 65.4 Å². The first kappa shape index (κ1) is 16.1. The summed E-state index contributed by atoms with van der Waals surface area (Å²) in [5.41, 5.74) is 2.76. The summed E-state index contributed by atoms with van der Waals surface area (Å²) in [6, 6.07) is 0. The van der Waals surface area contributed by atoms with E-state index in [-0.39, 0.29) is 5.60 Å². The van der Waals surface area contributed by atoms with Crippen LogP contribution in [0.15, 0.2) is 12.0 Å². The van der Waals surface area contributed by atoms with Crippen molar-refractivity contribution in [2.24, 2.45) is 11.3 Å². The maximum atomic E-state index is 11.3. The Hall–Kier alpha value is -1.23. The van der Waals surface area contributed by atoms with Crippen molar-refractivity contribution >= 4 is 6.16 Å². The summed E-state index contributed by atoms with van der Waals surface area (Å²) in [5.74, 6) is 1.07. The molecular formula is C16H27NO4. The van der Waals surface area contributed by atoms with E-state index in [1.54, 1.807) is 6.92 Å². The predicted molar refractivity (Wildman–Crippen MR) is 79.2 cm³/mol. The van der Waals surface area contributed by atoms with E-state index in [0.29, 0.717) is 17.9 Å². The zero-order chi connectivity index (χ0) is 15.5. The van der Waals surface area contributed by atoms with Crippen LogP contribution in [-0.4, -0.2) is 18.4 Å². The Bertz CT molecular complexity index is 409. The zero-order valence-electron chi connectivity index (χ0n) is 13.5. The maximum absolute atomic E-state index is 11.3. The molecule has 1 fully saturated rings. The molecule has 1 saturated carbocycles. The van der Waals surface area contributed by atoms with Gasteiger partial charge in [0.15, 0.2) is 0 Å². The van der Waals surface area contributed by atoms with Gasteiger partial charge in [-0.3, -0.25) is 4.84 Å². The van der Waals surface area contributed by atoms with Crippen LogP contribution in [0, 0.1) is 11.3 Å². The average molecular weight is 297 g/mol. The van der Waals surface area contributed by atoms with E-state index in [1.807, 2.05) is 6.08 Å².